The van der Waals surface area contributed by atoms with Gasteiger partial charge in [0.05, 0.1) is 12.7 Å². The van der Waals surface area contributed by atoms with Crippen LogP contribution in [-0.4, -0.2) is 39.2 Å². The SMILES string of the molecule is COCCCNC(=O)/C(C#N)=C\NCc1ccc(C(=O)OC)cc1. The van der Waals surface area contributed by atoms with Crippen LogP contribution in [-0.2, 0) is 20.8 Å². The fraction of sp³-hybridized carbons (Fsp3) is 0.353. The maximum Gasteiger partial charge on any atom is 0.337 e. The predicted molar refractivity (Wildman–Crippen MR) is 87.8 cm³/mol. The summed E-state index contributed by atoms with van der Waals surface area (Å²) in [6.45, 7) is 1.41. The van der Waals surface area contributed by atoms with Crippen LogP contribution in [0.3, 0.4) is 0 Å². The molecule has 0 radical (unpaired) electrons. The number of carbonyl (C=O) groups excluding carboxylic acids is 2. The topological polar surface area (TPSA) is 100 Å². The van der Waals surface area contributed by atoms with Gasteiger partial charge in [0.1, 0.15) is 11.6 Å². The minimum absolute atomic E-state index is 0.00130. The van der Waals surface area contributed by atoms with E-state index in [1.165, 1.54) is 13.3 Å². The highest BCUT2D eigenvalue weighted by Gasteiger charge is 2.08. The van der Waals surface area contributed by atoms with Gasteiger partial charge in [0.25, 0.3) is 5.91 Å². The number of hydrogen-bond donors (Lipinski definition) is 2. The van der Waals surface area contributed by atoms with Gasteiger partial charge in [0.2, 0.25) is 0 Å². The van der Waals surface area contributed by atoms with Crippen LogP contribution in [0.5, 0.6) is 0 Å². The Morgan fingerprint density at radius 1 is 1.25 bits per heavy atom. The zero-order valence-corrected chi connectivity index (χ0v) is 13.8. The van der Waals surface area contributed by atoms with Gasteiger partial charge >= 0.3 is 5.97 Å². The molecule has 7 nitrogen and oxygen atoms in total. The summed E-state index contributed by atoms with van der Waals surface area (Å²) >= 11 is 0. The van der Waals surface area contributed by atoms with E-state index in [2.05, 4.69) is 15.4 Å². The van der Waals surface area contributed by atoms with Gasteiger partial charge in [-0.1, -0.05) is 12.1 Å². The molecule has 128 valence electrons. The molecule has 1 aromatic rings. The summed E-state index contributed by atoms with van der Waals surface area (Å²) in [4.78, 5) is 23.1. The zero-order valence-electron chi connectivity index (χ0n) is 13.8. The van der Waals surface area contributed by atoms with E-state index in [9.17, 15) is 9.59 Å². The molecule has 7 heteroatoms. The first-order valence-electron chi connectivity index (χ1n) is 7.40. The Balaban J connectivity index is 2.49. The number of benzene rings is 1. The van der Waals surface area contributed by atoms with E-state index in [1.807, 2.05) is 6.07 Å². The van der Waals surface area contributed by atoms with Crippen molar-refractivity contribution >= 4 is 11.9 Å². The number of hydrogen-bond acceptors (Lipinski definition) is 6. The largest absolute Gasteiger partial charge is 0.465 e. The summed E-state index contributed by atoms with van der Waals surface area (Å²) < 4.78 is 9.51. The molecule has 1 amide bonds. The van der Waals surface area contributed by atoms with Crippen molar-refractivity contribution in [3.8, 4) is 6.07 Å². The third-order valence-electron chi connectivity index (χ3n) is 3.10. The highest BCUT2D eigenvalue weighted by atomic mass is 16.5. The van der Waals surface area contributed by atoms with Gasteiger partial charge in [0.15, 0.2) is 0 Å². The molecule has 0 saturated carbocycles. The van der Waals surface area contributed by atoms with Crippen molar-refractivity contribution in [1.29, 1.82) is 5.26 Å². The van der Waals surface area contributed by atoms with Crippen LogP contribution in [0.4, 0.5) is 0 Å². The lowest BCUT2D eigenvalue weighted by atomic mass is 10.1. The van der Waals surface area contributed by atoms with E-state index in [-0.39, 0.29) is 5.57 Å². The number of rotatable bonds is 9. The fourth-order valence-electron chi connectivity index (χ4n) is 1.81. The minimum atomic E-state index is -0.429. The molecular formula is C17H21N3O4. The fourth-order valence-corrected chi connectivity index (χ4v) is 1.81. The summed E-state index contributed by atoms with van der Waals surface area (Å²) in [6.07, 6.45) is 2.06. The second-order valence-corrected chi connectivity index (χ2v) is 4.84. The third kappa shape index (κ3) is 6.50. The van der Waals surface area contributed by atoms with Crippen molar-refractivity contribution in [2.75, 3.05) is 27.4 Å². The number of esters is 1. The highest BCUT2D eigenvalue weighted by molar-refractivity contribution is 5.97. The van der Waals surface area contributed by atoms with E-state index in [0.29, 0.717) is 31.7 Å². The standard InChI is InChI=1S/C17H21N3O4/c1-23-9-3-8-20-16(21)15(10-18)12-19-11-13-4-6-14(7-5-13)17(22)24-2/h4-7,12,19H,3,8-9,11H2,1-2H3,(H,20,21)/b15-12-. The Labute approximate surface area is 141 Å². The van der Waals surface area contributed by atoms with Crippen LogP contribution in [0.1, 0.15) is 22.3 Å². The lowest BCUT2D eigenvalue weighted by Crippen LogP contribution is -2.27. The Kier molecular flexibility index (Phi) is 8.64. The lowest BCUT2D eigenvalue weighted by molar-refractivity contribution is -0.117. The summed E-state index contributed by atoms with van der Waals surface area (Å²) in [6, 6.07) is 8.70. The smallest absolute Gasteiger partial charge is 0.337 e. The van der Waals surface area contributed by atoms with Crippen LogP contribution in [0.2, 0.25) is 0 Å². The maximum absolute atomic E-state index is 11.8. The van der Waals surface area contributed by atoms with Crippen LogP contribution >= 0.6 is 0 Å². The number of nitriles is 1. The Morgan fingerprint density at radius 2 is 1.96 bits per heavy atom. The molecule has 0 aromatic heterocycles. The summed E-state index contributed by atoms with van der Waals surface area (Å²) in [7, 11) is 2.91. The molecule has 0 atom stereocenters. The molecule has 1 rings (SSSR count). The summed E-state index contributed by atoms with van der Waals surface area (Å²) in [5.74, 6) is -0.826. The first kappa shape index (κ1) is 19.2. The molecule has 0 aliphatic carbocycles. The quantitative estimate of drug-likeness (QED) is 0.304. The molecule has 0 fully saturated rings. The van der Waals surface area contributed by atoms with Gasteiger partial charge in [-0.25, -0.2) is 4.79 Å². The monoisotopic (exact) mass is 331 g/mol. The molecule has 0 bridgehead atoms. The summed E-state index contributed by atoms with van der Waals surface area (Å²) in [5, 5.41) is 14.6. The van der Waals surface area contributed by atoms with Gasteiger partial charge in [-0.05, 0) is 24.1 Å². The Bertz CT molecular complexity index is 618. The third-order valence-corrected chi connectivity index (χ3v) is 3.10. The predicted octanol–water partition coefficient (Wildman–Crippen LogP) is 1.12. The number of nitrogens with zero attached hydrogens (tertiary/aromatic N) is 1. The zero-order chi connectivity index (χ0) is 17.8. The minimum Gasteiger partial charge on any atom is -0.465 e. The summed E-state index contributed by atoms with van der Waals surface area (Å²) in [5.41, 5.74) is 1.36. The van der Waals surface area contributed by atoms with E-state index in [0.717, 1.165) is 5.56 Å². The number of methoxy groups -OCH3 is 2. The van der Waals surface area contributed by atoms with E-state index >= 15 is 0 Å². The number of ether oxygens (including phenoxy) is 2. The van der Waals surface area contributed by atoms with Crippen molar-refractivity contribution in [1.82, 2.24) is 10.6 Å². The highest BCUT2D eigenvalue weighted by Crippen LogP contribution is 2.05. The second-order valence-electron chi connectivity index (χ2n) is 4.84. The van der Waals surface area contributed by atoms with Crippen LogP contribution in [0, 0.1) is 11.3 Å². The maximum atomic E-state index is 11.8. The first-order chi connectivity index (χ1) is 11.6. The first-order valence-corrected chi connectivity index (χ1v) is 7.40. The molecule has 0 saturated heterocycles. The van der Waals surface area contributed by atoms with Crippen LogP contribution < -0.4 is 10.6 Å². The van der Waals surface area contributed by atoms with Crippen LogP contribution in [0.25, 0.3) is 0 Å². The molecule has 24 heavy (non-hydrogen) atoms. The number of amides is 1. The van der Waals surface area contributed by atoms with Crippen molar-refractivity contribution in [2.45, 2.75) is 13.0 Å². The molecule has 0 aliphatic rings. The van der Waals surface area contributed by atoms with Crippen molar-refractivity contribution < 1.29 is 19.1 Å². The average molecular weight is 331 g/mol. The molecule has 2 N–H and O–H groups in total. The van der Waals surface area contributed by atoms with E-state index in [4.69, 9.17) is 10.00 Å². The average Bonchev–Trinajstić information content (AvgIpc) is 2.62. The van der Waals surface area contributed by atoms with Gasteiger partial charge < -0.3 is 20.1 Å². The van der Waals surface area contributed by atoms with Crippen molar-refractivity contribution in [3.05, 3.63) is 47.2 Å². The van der Waals surface area contributed by atoms with Crippen LogP contribution in [0.15, 0.2) is 36.0 Å². The number of carbonyl (C=O) groups is 2. The Morgan fingerprint density at radius 3 is 2.54 bits per heavy atom. The van der Waals surface area contributed by atoms with Gasteiger partial charge in [-0.3, -0.25) is 4.79 Å². The molecular weight excluding hydrogens is 310 g/mol. The van der Waals surface area contributed by atoms with E-state index in [1.54, 1.807) is 31.4 Å². The molecule has 1 aromatic carbocycles. The Hall–Kier alpha value is -2.85. The molecule has 0 heterocycles. The lowest BCUT2D eigenvalue weighted by Gasteiger charge is -2.06. The second kappa shape index (κ2) is 10.8. The van der Waals surface area contributed by atoms with Gasteiger partial charge in [0, 0.05) is 33.0 Å². The molecule has 0 spiro atoms. The van der Waals surface area contributed by atoms with E-state index < -0.39 is 11.9 Å². The van der Waals surface area contributed by atoms with Crippen molar-refractivity contribution in [3.63, 3.8) is 0 Å². The van der Waals surface area contributed by atoms with Gasteiger partial charge in [-0.15, -0.1) is 0 Å². The molecule has 0 unspecified atom stereocenters. The normalized spacial score (nSPS) is 10.6. The van der Waals surface area contributed by atoms with Crippen molar-refractivity contribution in [2.24, 2.45) is 0 Å². The van der Waals surface area contributed by atoms with Gasteiger partial charge in [-0.2, -0.15) is 5.26 Å². The number of nitrogens with one attached hydrogen (secondary N) is 2. The molecule has 0 aliphatic heterocycles.